The van der Waals surface area contributed by atoms with E-state index in [2.05, 4.69) is 5.32 Å². The number of benzene rings is 2. The molecule has 0 bridgehead atoms. The second-order valence-corrected chi connectivity index (χ2v) is 6.74. The Morgan fingerprint density at radius 1 is 1.12 bits per heavy atom. The SMILES string of the molecule is Cc1cc(Cl)ccc1O[C@H](C)C(=O)N[C@H](C)c1ccc2c(c1)OCCO2. The average molecular weight is 376 g/mol. The molecular weight excluding hydrogens is 354 g/mol. The van der Waals surface area contributed by atoms with Crippen molar-refractivity contribution in [2.24, 2.45) is 0 Å². The van der Waals surface area contributed by atoms with Crippen LogP contribution >= 0.6 is 11.6 Å². The van der Waals surface area contributed by atoms with Crippen LogP contribution in [0.1, 0.15) is 31.0 Å². The molecule has 0 fully saturated rings. The number of fused-ring (bicyclic) bond motifs is 1. The minimum absolute atomic E-state index is 0.185. The molecule has 0 unspecified atom stereocenters. The molecule has 0 aliphatic carbocycles. The summed E-state index contributed by atoms with van der Waals surface area (Å²) >= 11 is 5.95. The van der Waals surface area contributed by atoms with Crippen molar-refractivity contribution in [3.05, 3.63) is 52.5 Å². The van der Waals surface area contributed by atoms with E-state index in [0.717, 1.165) is 16.9 Å². The Morgan fingerprint density at radius 2 is 1.85 bits per heavy atom. The highest BCUT2D eigenvalue weighted by Crippen LogP contribution is 2.32. The van der Waals surface area contributed by atoms with Gasteiger partial charge in [-0.25, -0.2) is 0 Å². The Labute approximate surface area is 158 Å². The minimum atomic E-state index is -0.630. The van der Waals surface area contributed by atoms with Gasteiger partial charge in [0.15, 0.2) is 17.6 Å². The van der Waals surface area contributed by atoms with Crippen LogP contribution in [0.25, 0.3) is 0 Å². The van der Waals surface area contributed by atoms with Gasteiger partial charge in [0.2, 0.25) is 0 Å². The number of carbonyl (C=O) groups excluding carboxylic acids is 1. The molecule has 1 aliphatic heterocycles. The molecule has 0 radical (unpaired) electrons. The number of carbonyl (C=O) groups is 1. The number of hydrogen-bond donors (Lipinski definition) is 1. The summed E-state index contributed by atoms with van der Waals surface area (Å²) in [5, 5.41) is 3.61. The Balaban J connectivity index is 1.63. The summed E-state index contributed by atoms with van der Waals surface area (Å²) in [7, 11) is 0. The van der Waals surface area contributed by atoms with Crippen LogP contribution in [0.2, 0.25) is 5.02 Å². The average Bonchev–Trinajstić information content (AvgIpc) is 2.63. The van der Waals surface area contributed by atoms with Crippen molar-refractivity contribution >= 4 is 17.5 Å². The summed E-state index contributed by atoms with van der Waals surface area (Å²) in [6.07, 6.45) is -0.630. The van der Waals surface area contributed by atoms with Crippen molar-refractivity contribution in [3.8, 4) is 17.2 Å². The van der Waals surface area contributed by atoms with Crippen molar-refractivity contribution in [2.45, 2.75) is 32.9 Å². The van der Waals surface area contributed by atoms with Crippen LogP contribution in [0.3, 0.4) is 0 Å². The van der Waals surface area contributed by atoms with Crippen LogP contribution in [0.5, 0.6) is 17.2 Å². The first-order valence-corrected chi connectivity index (χ1v) is 8.94. The van der Waals surface area contributed by atoms with E-state index < -0.39 is 6.10 Å². The monoisotopic (exact) mass is 375 g/mol. The Hall–Kier alpha value is -2.40. The van der Waals surface area contributed by atoms with Crippen LogP contribution in [-0.2, 0) is 4.79 Å². The minimum Gasteiger partial charge on any atom is -0.486 e. The smallest absolute Gasteiger partial charge is 0.261 e. The standard InChI is InChI=1S/C20H22ClNO4/c1-12-10-16(21)5-7-17(12)26-14(3)20(23)22-13(2)15-4-6-18-19(11-15)25-9-8-24-18/h4-7,10-11,13-14H,8-9H2,1-3H3,(H,22,23)/t13-,14-/m1/s1. The zero-order valence-electron chi connectivity index (χ0n) is 15.0. The largest absolute Gasteiger partial charge is 0.486 e. The highest BCUT2D eigenvalue weighted by atomic mass is 35.5. The molecule has 1 N–H and O–H groups in total. The van der Waals surface area contributed by atoms with Gasteiger partial charge in [0.25, 0.3) is 5.91 Å². The maximum Gasteiger partial charge on any atom is 0.261 e. The van der Waals surface area contributed by atoms with Crippen LogP contribution in [0.4, 0.5) is 0 Å². The highest BCUT2D eigenvalue weighted by Gasteiger charge is 2.20. The molecule has 0 saturated heterocycles. The van der Waals surface area contributed by atoms with Crippen LogP contribution in [-0.4, -0.2) is 25.2 Å². The zero-order valence-corrected chi connectivity index (χ0v) is 15.8. The molecule has 26 heavy (non-hydrogen) atoms. The van der Waals surface area contributed by atoms with E-state index in [1.807, 2.05) is 32.0 Å². The lowest BCUT2D eigenvalue weighted by Crippen LogP contribution is -2.37. The normalized spacial score (nSPS) is 15.1. The number of hydrogen-bond acceptors (Lipinski definition) is 4. The number of aryl methyl sites for hydroxylation is 1. The van der Waals surface area contributed by atoms with E-state index in [0.29, 0.717) is 29.7 Å². The Bertz CT molecular complexity index is 808. The topological polar surface area (TPSA) is 56.8 Å². The first kappa shape index (κ1) is 18.4. The first-order valence-electron chi connectivity index (χ1n) is 8.57. The second kappa shape index (κ2) is 7.87. The molecule has 1 aliphatic rings. The molecule has 5 nitrogen and oxygen atoms in total. The van der Waals surface area contributed by atoms with E-state index in [1.165, 1.54) is 0 Å². The Kier molecular flexibility index (Phi) is 5.57. The maximum atomic E-state index is 12.5. The highest BCUT2D eigenvalue weighted by molar-refractivity contribution is 6.30. The van der Waals surface area contributed by atoms with Gasteiger partial charge in [0.05, 0.1) is 6.04 Å². The van der Waals surface area contributed by atoms with Gasteiger partial charge in [0.1, 0.15) is 19.0 Å². The maximum absolute atomic E-state index is 12.5. The quantitative estimate of drug-likeness (QED) is 0.856. The number of rotatable bonds is 5. The fourth-order valence-electron chi connectivity index (χ4n) is 2.73. The third-order valence-electron chi connectivity index (χ3n) is 4.23. The van der Waals surface area contributed by atoms with Gasteiger partial charge in [-0.05, 0) is 62.2 Å². The van der Waals surface area contributed by atoms with Crippen LogP contribution in [0, 0.1) is 6.92 Å². The third kappa shape index (κ3) is 4.22. The number of amides is 1. The van der Waals surface area contributed by atoms with E-state index in [9.17, 15) is 4.79 Å². The van der Waals surface area contributed by atoms with Crippen molar-refractivity contribution in [1.82, 2.24) is 5.32 Å². The molecular formula is C20H22ClNO4. The molecule has 2 aromatic rings. The summed E-state index contributed by atoms with van der Waals surface area (Å²) in [5.41, 5.74) is 1.83. The molecule has 2 aromatic carbocycles. The van der Waals surface area contributed by atoms with E-state index in [-0.39, 0.29) is 11.9 Å². The predicted molar refractivity (Wildman–Crippen MR) is 100 cm³/mol. The summed E-state index contributed by atoms with van der Waals surface area (Å²) in [4.78, 5) is 12.5. The molecule has 1 heterocycles. The summed E-state index contributed by atoms with van der Waals surface area (Å²) < 4.78 is 16.9. The summed E-state index contributed by atoms with van der Waals surface area (Å²) in [6.45, 7) is 6.62. The molecule has 0 saturated carbocycles. The fourth-order valence-corrected chi connectivity index (χ4v) is 2.96. The lowest BCUT2D eigenvalue weighted by Gasteiger charge is -2.22. The van der Waals surface area contributed by atoms with Crippen molar-refractivity contribution in [3.63, 3.8) is 0 Å². The van der Waals surface area contributed by atoms with Gasteiger partial charge < -0.3 is 19.5 Å². The Morgan fingerprint density at radius 3 is 2.58 bits per heavy atom. The molecule has 0 spiro atoms. The summed E-state index contributed by atoms with van der Waals surface area (Å²) in [5.74, 6) is 1.88. The lowest BCUT2D eigenvalue weighted by atomic mass is 10.1. The van der Waals surface area contributed by atoms with E-state index in [1.54, 1.807) is 25.1 Å². The van der Waals surface area contributed by atoms with Gasteiger partial charge in [-0.2, -0.15) is 0 Å². The van der Waals surface area contributed by atoms with E-state index >= 15 is 0 Å². The number of ether oxygens (including phenoxy) is 3. The molecule has 3 rings (SSSR count). The fraction of sp³-hybridized carbons (Fsp3) is 0.350. The molecule has 6 heteroatoms. The molecule has 0 aromatic heterocycles. The second-order valence-electron chi connectivity index (χ2n) is 6.30. The lowest BCUT2D eigenvalue weighted by molar-refractivity contribution is -0.127. The van der Waals surface area contributed by atoms with Crippen LogP contribution in [0.15, 0.2) is 36.4 Å². The van der Waals surface area contributed by atoms with Gasteiger partial charge in [-0.1, -0.05) is 17.7 Å². The van der Waals surface area contributed by atoms with Crippen molar-refractivity contribution in [2.75, 3.05) is 13.2 Å². The number of nitrogens with one attached hydrogen (secondary N) is 1. The van der Waals surface area contributed by atoms with Crippen molar-refractivity contribution < 1.29 is 19.0 Å². The molecule has 138 valence electrons. The van der Waals surface area contributed by atoms with Gasteiger partial charge >= 0.3 is 0 Å². The predicted octanol–water partition coefficient (Wildman–Crippen LogP) is 4.06. The van der Waals surface area contributed by atoms with Crippen LogP contribution < -0.4 is 19.5 Å². The van der Waals surface area contributed by atoms with Crippen molar-refractivity contribution in [1.29, 1.82) is 0 Å². The number of halogens is 1. The third-order valence-corrected chi connectivity index (χ3v) is 4.47. The summed E-state index contributed by atoms with van der Waals surface area (Å²) in [6, 6.07) is 10.8. The first-order chi connectivity index (χ1) is 12.4. The molecule has 1 amide bonds. The van der Waals surface area contributed by atoms with E-state index in [4.69, 9.17) is 25.8 Å². The van der Waals surface area contributed by atoms with Gasteiger partial charge in [0, 0.05) is 5.02 Å². The zero-order chi connectivity index (χ0) is 18.7. The van der Waals surface area contributed by atoms with Gasteiger partial charge in [-0.15, -0.1) is 0 Å². The van der Waals surface area contributed by atoms with Gasteiger partial charge in [-0.3, -0.25) is 4.79 Å². The molecule has 2 atom stereocenters.